The quantitative estimate of drug-likeness (QED) is 0.777. The molecule has 0 aliphatic carbocycles. The lowest BCUT2D eigenvalue weighted by molar-refractivity contribution is -0.128. The molecule has 0 spiro atoms. The van der Waals surface area contributed by atoms with Gasteiger partial charge in [-0.05, 0) is 38.6 Å². The second-order valence-electron chi connectivity index (χ2n) is 5.06. The van der Waals surface area contributed by atoms with Crippen molar-refractivity contribution in [2.24, 2.45) is 0 Å². The van der Waals surface area contributed by atoms with Crippen molar-refractivity contribution in [3.63, 3.8) is 0 Å². The molecule has 0 aromatic rings. The van der Waals surface area contributed by atoms with Crippen molar-refractivity contribution in [2.45, 2.75) is 50.6 Å². The number of rotatable bonds is 3. The maximum Gasteiger partial charge on any atom is 0.240 e. The zero-order valence-corrected chi connectivity index (χ0v) is 11.3. The van der Waals surface area contributed by atoms with Gasteiger partial charge < -0.3 is 10.6 Å². The van der Waals surface area contributed by atoms with E-state index in [0.717, 1.165) is 50.2 Å². The summed E-state index contributed by atoms with van der Waals surface area (Å²) in [5, 5.41) is 6.48. The highest BCUT2D eigenvalue weighted by molar-refractivity contribution is 7.85. The van der Waals surface area contributed by atoms with E-state index in [0.29, 0.717) is 0 Å². The summed E-state index contributed by atoms with van der Waals surface area (Å²) < 4.78 is 11.3. The fourth-order valence-corrected chi connectivity index (χ4v) is 4.02. The molecule has 0 bridgehead atoms. The average Bonchev–Trinajstić information content (AvgIpc) is 2.82. The third-order valence-electron chi connectivity index (χ3n) is 4.01. The molecule has 98 valence electrons. The maximum atomic E-state index is 12.3. The van der Waals surface area contributed by atoms with Crippen molar-refractivity contribution < 1.29 is 9.00 Å². The number of hydrogen-bond acceptors (Lipinski definition) is 3. The lowest BCUT2D eigenvalue weighted by Gasteiger charge is -2.31. The van der Waals surface area contributed by atoms with Gasteiger partial charge in [0.2, 0.25) is 5.91 Å². The second kappa shape index (κ2) is 5.48. The van der Waals surface area contributed by atoms with Gasteiger partial charge in [-0.1, -0.05) is 6.92 Å². The van der Waals surface area contributed by atoms with Gasteiger partial charge in [-0.25, -0.2) is 0 Å². The summed E-state index contributed by atoms with van der Waals surface area (Å²) in [5.74, 6) is 1.62. The van der Waals surface area contributed by atoms with Crippen LogP contribution in [0.3, 0.4) is 0 Å². The first kappa shape index (κ1) is 13.0. The van der Waals surface area contributed by atoms with Gasteiger partial charge in [-0.2, -0.15) is 0 Å². The smallest absolute Gasteiger partial charge is 0.240 e. The summed E-state index contributed by atoms with van der Waals surface area (Å²) in [4.78, 5) is 12.3. The monoisotopic (exact) mass is 258 g/mol. The summed E-state index contributed by atoms with van der Waals surface area (Å²) in [6.07, 6.45) is 4.58. The Kier molecular flexibility index (Phi) is 4.20. The Morgan fingerprint density at radius 3 is 2.71 bits per heavy atom. The van der Waals surface area contributed by atoms with Gasteiger partial charge in [0.25, 0.3) is 0 Å². The molecular weight excluding hydrogens is 236 g/mol. The molecule has 2 fully saturated rings. The molecular formula is C12H22N2O2S. The minimum Gasteiger partial charge on any atom is -0.352 e. The van der Waals surface area contributed by atoms with Gasteiger partial charge in [0.05, 0.1) is 5.54 Å². The normalized spacial score (nSPS) is 37.9. The van der Waals surface area contributed by atoms with E-state index in [1.165, 1.54) is 0 Å². The van der Waals surface area contributed by atoms with Gasteiger partial charge in [-0.15, -0.1) is 0 Å². The van der Waals surface area contributed by atoms with Crippen LogP contribution < -0.4 is 10.6 Å². The number of nitrogens with one attached hydrogen (secondary N) is 2. The predicted octanol–water partition coefficient (Wildman–Crippen LogP) is 0.546. The summed E-state index contributed by atoms with van der Waals surface area (Å²) in [7, 11) is -0.657. The van der Waals surface area contributed by atoms with Crippen LogP contribution in [0, 0.1) is 0 Å². The molecule has 5 heteroatoms. The van der Waals surface area contributed by atoms with E-state index >= 15 is 0 Å². The average molecular weight is 258 g/mol. The Hall–Kier alpha value is -0.420. The Morgan fingerprint density at radius 1 is 1.47 bits per heavy atom. The molecule has 1 amide bonds. The first-order chi connectivity index (χ1) is 8.16. The summed E-state index contributed by atoms with van der Waals surface area (Å²) in [6, 6.07) is 0.228. The topological polar surface area (TPSA) is 58.2 Å². The Labute approximate surface area is 105 Å². The van der Waals surface area contributed by atoms with Crippen molar-refractivity contribution in [3.8, 4) is 0 Å². The Morgan fingerprint density at radius 2 is 2.18 bits per heavy atom. The Balaban J connectivity index is 1.89. The van der Waals surface area contributed by atoms with Gasteiger partial charge in [-0.3, -0.25) is 9.00 Å². The van der Waals surface area contributed by atoms with Crippen LogP contribution in [-0.2, 0) is 15.6 Å². The first-order valence-corrected chi connectivity index (χ1v) is 8.06. The summed E-state index contributed by atoms with van der Waals surface area (Å²) in [5.41, 5.74) is -0.337. The predicted molar refractivity (Wildman–Crippen MR) is 69.3 cm³/mol. The zero-order chi connectivity index (χ0) is 12.3. The van der Waals surface area contributed by atoms with E-state index in [1.54, 1.807) is 0 Å². The van der Waals surface area contributed by atoms with Crippen molar-refractivity contribution >= 4 is 16.7 Å². The van der Waals surface area contributed by atoms with Crippen molar-refractivity contribution in [1.82, 2.24) is 10.6 Å². The molecule has 2 saturated heterocycles. The maximum absolute atomic E-state index is 12.3. The molecule has 1 atom stereocenters. The molecule has 0 aromatic carbocycles. The van der Waals surface area contributed by atoms with E-state index in [9.17, 15) is 9.00 Å². The SMILES string of the molecule is CCC1(C(=O)NC2CCS(=O)CC2)CCCN1. The molecule has 17 heavy (non-hydrogen) atoms. The third-order valence-corrected chi connectivity index (χ3v) is 5.39. The van der Waals surface area contributed by atoms with E-state index in [1.807, 2.05) is 0 Å². The molecule has 2 heterocycles. The molecule has 0 aromatic heterocycles. The number of amides is 1. The minimum atomic E-state index is -0.657. The Bertz CT molecular complexity index is 304. The molecule has 1 unspecified atom stereocenters. The molecule has 4 nitrogen and oxygen atoms in total. The van der Waals surface area contributed by atoms with Crippen LogP contribution in [0.25, 0.3) is 0 Å². The van der Waals surface area contributed by atoms with Crippen molar-refractivity contribution in [2.75, 3.05) is 18.1 Å². The largest absolute Gasteiger partial charge is 0.352 e. The minimum absolute atomic E-state index is 0.148. The van der Waals surface area contributed by atoms with Crippen LogP contribution in [0.1, 0.15) is 39.0 Å². The van der Waals surface area contributed by atoms with E-state index in [-0.39, 0.29) is 17.5 Å². The van der Waals surface area contributed by atoms with Crippen molar-refractivity contribution in [1.29, 1.82) is 0 Å². The van der Waals surface area contributed by atoms with E-state index < -0.39 is 10.8 Å². The van der Waals surface area contributed by atoms with Crippen LogP contribution in [0.4, 0.5) is 0 Å². The van der Waals surface area contributed by atoms with Crippen LogP contribution in [0.15, 0.2) is 0 Å². The molecule has 2 aliphatic heterocycles. The van der Waals surface area contributed by atoms with E-state index in [2.05, 4.69) is 17.6 Å². The molecule has 0 radical (unpaired) electrons. The summed E-state index contributed by atoms with van der Waals surface area (Å²) in [6.45, 7) is 3.00. The van der Waals surface area contributed by atoms with Crippen LogP contribution in [0.2, 0.25) is 0 Å². The van der Waals surface area contributed by atoms with E-state index in [4.69, 9.17) is 0 Å². The number of hydrogen-bond donors (Lipinski definition) is 2. The lowest BCUT2D eigenvalue weighted by Crippen LogP contribution is -2.56. The zero-order valence-electron chi connectivity index (χ0n) is 10.5. The van der Waals surface area contributed by atoms with Gasteiger partial charge >= 0.3 is 0 Å². The van der Waals surface area contributed by atoms with Crippen LogP contribution >= 0.6 is 0 Å². The fourth-order valence-electron chi connectivity index (χ4n) is 2.72. The van der Waals surface area contributed by atoms with Crippen LogP contribution in [0.5, 0.6) is 0 Å². The van der Waals surface area contributed by atoms with Gasteiger partial charge in [0.15, 0.2) is 0 Å². The lowest BCUT2D eigenvalue weighted by atomic mass is 9.92. The summed E-state index contributed by atoms with van der Waals surface area (Å²) >= 11 is 0. The standard InChI is InChI=1S/C12H22N2O2S/c1-2-12(6-3-7-13-12)11(15)14-10-4-8-17(16)9-5-10/h10,13H,2-9H2,1H3,(H,14,15). The second-order valence-corrected chi connectivity index (χ2v) is 6.76. The number of carbonyl (C=O) groups excluding carboxylic acids is 1. The van der Waals surface area contributed by atoms with Crippen molar-refractivity contribution in [3.05, 3.63) is 0 Å². The van der Waals surface area contributed by atoms with Gasteiger partial charge in [0, 0.05) is 28.3 Å². The molecule has 2 aliphatic rings. The molecule has 0 saturated carbocycles. The highest BCUT2D eigenvalue weighted by Crippen LogP contribution is 2.24. The fraction of sp³-hybridized carbons (Fsp3) is 0.917. The first-order valence-electron chi connectivity index (χ1n) is 6.57. The molecule has 2 rings (SSSR count). The highest BCUT2D eigenvalue weighted by Gasteiger charge is 2.39. The molecule has 2 N–H and O–H groups in total. The highest BCUT2D eigenvalue weighted by atomic mass is 32.2. The van der Waals surface area contributed by atoms with Crippen LogP contribution in [-0.4, -0.2) is 39.7 Å². The number of carbonyl (C=O) groups is 1. The third kappa shape index (κ3) is 2.88. The van der Waals surface area contributed by atoms with Gasteiger partial charge in [0.1, 0.15) is 0 Å².